The fraction of sp³-hybridized carbons (Fsp3) is 0.500. The molecule has 3 amide bonds. The molecule has 0 saturated carbocycles. The third-order valence-electron chi connectivity index (χ3n) is 3.53. The first kappa shape index (κ1) is 17.2. The van der Waals surface area contributed by atoms with Gasteiger partial charge in [-0.15, -0.1) is 0 Å². The van der Waals surface area contributed by atoms with E-state index in [9.17, 15) is 9.59 Å². The maximum absolute atomic E-state index is 12.0. The molecule has 2 N–H and O–H groups in total. The molecule has 1 aliphatic rings. The van der Waals surface area contributed by atoms with Crippen LogP contribution in [0, 0.1) is 0 Å². The van der Waals surface area contributed by atoms with Crippen molar-refractivity contribution >= 4 is 11.9 Å². The normalized spacial score (nSPS) is 14.9. The second-order valence-corrected chi connectivity index (χ2v) is 5.39. The van der Waals surface area contributed by atoms with Gasteiger partial charge in [0.05, 0.1) is 19.8 Å². The van der Waals surface area contributed by atoms with Crippen LogP contribution in [0.1, 0.15) is 12.0 Å². The van der Waals surface area contributed by atoms with Gasteiger partial charge in [0.2, 0.25) is 5.91 Å². The topological polar surface area (TPSA) is 73.9 Å². The summed E-state index contributed by atoms with van der Waals surface area (Å²) in [5, 5.41) is 4.33. The van der Waals surface area contributed by atoms with Crippen LogP contribution in [0.5, 0.6) is 0 Å². The van der Waals surface area contributed by atoms with Gasteiger partial charge in [-0.05, 0) is 5.56 Å². The van der Waals surface area contributed by atoms with Crippen LogP contribution in [0.4, 0.5) is 4.79 Å². The minimum atomic E-state index is -0.186. The van der Waals surface area contributed by atoms with Crippen LogP contribution in [0.25, 0.3) is 0 Å². The Bertz CT molecular complexity index is 501. The summed E-state index contributed by atoms with van der Waals surface area (Å²) in [5.41, 5.74) is 4.08. The summed E-state index contributed by atoms with van der Waals surface area (Å²) in [6.07, 6.45) is 0.262. The summed E-state index contributed by atoms with van der Waals surface area (Å²) in [4.78, 5) is 25.6. The Kier molecular flexibility index (Phi) is 6.83. The van der Waals surface area contributed by atoms with Gasteiger partial charge in [0.25, 0.3) is 0 Å². The number of urea groups is 1. The summed E-state index contributed by atoms with van der Waals surface area (Å²) in [5.74, 6) is -0.0403. The lowest BCUT2D eigenvalue weighted by atomic mass is 10.2. The van der Waals surface area contributed by atoms with Gasteiger partial charge in [-0.3, -0.25) is 9.80 Å². The number of hydrazine groups is 1. The summed E-state index contributed by atoms with van der Waals surface area (Å²) in [6, 6.07) is 9.58. The Morgan fingerprint density at radius 1 is 1.30 bits per heavy atom. The predicted octanol–water partition coefficient (Wildman–Crippen LogP) is 0.582. The van der Waals surface area contributed by atoms with Crippen LogP contribution in [0.15, 0.2) is 30.3 Å². The Hall–Kier alpha value is -2.12. The fourth-order valence-corrected chi connectivity index (χ4v) is 2.28. The molecule has 0 aromatic heterocycles. The molecule has 126 valence electrons. The number of ether oxygens (including phenoxy) is 1. The third kappa shape index (κ3) is 5.88. The van der Waals surface area contributed by atoms with Crippen molar-refractivity contribution in [2.24, 2.45) is 0 Å². The highest BCUT2D eigenvalue weighted by atomic mass is 16.5. The molecular weight excluding hydrogens is 296 g/mol. The molecule has 1 heterocycles. The first-order valence-corrected chi connectivity index (χ1v) is 7.81. The number of rotatable bonds is 5. The monoisotopic (exact) mass is 320 g/mol. The van der Waals surface area contributed by atoms with E-state index in [0.717, 1.165) is 5.56 Å². The van der Waals surface area contributed by atoms with Gasteiger partial charge in [0.15, 0.2) is 0 Å². The molecule has 1 aliphatic heterocycles. The molecule has 0 atom stereocenters. The third-order valence-corrected chi connectivity index (χ3v) is 3.53. The van der Waals surface area contributed by atoms with E-state index in [4.69, 9.17) is 4.74 Å². The van der Waals surface area contributed by atoms with Gasteiger partial charge in [0, 0.05) is 33.1 Å². The number of nitrogens with one attached hydrogen (secondary N) is 2. The minimum Gasteiger partial charge on any atom is -0.378 e. The smallest absolute Gasteiger partial charge is 0.317 e. The van der Waals surface area contributed by atoms with Crippen molar-refractivity contribution in [3.05, 3.63) is 35.9 Å². The molecule has 1 aromatic rings. The van der Waals surface area contributed by atoms with Crippen LogP contribution in [0.2, 0.25) is 0 Å². The maximum atomic E-state index is 12.0. The number of hydrogen-bond acceptors (Lipinski definition) is 4. The van der Waals surface area contributed by atoms with Gasteiger partial charge >= 0.3 is 6.03 Å². The van der Waals surface area contributed by atoms with Crippen molar-refractivity contribution in [3.8, 4) is 0 Å². The lowest BCUT2D eigenvalue weighted by molar-refractivity contribution is -0.134. The molecular formula is C16H24N4O3. The first-order chi connectivity index (χ1) is 11.2. The summed E-state index contributed by atoms with van der Waals surface area (Å²) < 4.78 is 5.27. The molecule has 0 radical (unpaired) electrons. The highest BCUT2D eigenvalue weighted by molar-refractivity contribution is 5.78. The fourth-order valence-electron chi connectivity index (χ4n) is 2.28. The molecule has 0 spiro atoms. The Morgan fingerprint density at radius 3 is 2.87 bits per heavy atom. The number of hydrogen-bond donors (Lipinski definition) is 2. The average Bonchev–Trinajstić information content (AvgIpc) is 2.85. The highest BCUT2D eigenvalue weighted by Crippen LogP contribution is 2.02. The average molecular weight is 320 g/mol. The Labute approximate surface area is 136 Å². The molecule has 1 aromatic carbocycles. The van der Waals surface area contributed by atoms with Crippen LogP contribution in [-0.2, 0) is 16.1 Å². The molecule has 7 heteroatoms. The quantitative estimate of drug-likeness (QED) is 0.832. The van der Waals surface area contributed by atoms with E-state index < -0.39 is 0 Å². The van der Waals surface area contributed by atoms with E-state index in [1.807, 2.05) is 30.3 Å². The van der Waals surface area contributed by atoms with Crippen molar-refractivity contribution in [2.45, 2.75) is 13.0 Å². The lowest BCUT2D eigenvalue weighted by Gasteiger charge is -2.21. The van der Waals surface area contributed by atoms with Gasteiger partial charge < -0.3 is 15.0 Å². The van der Waals surface area contributed by atoms with Crippen LogP contribution >= 0.6 is 0 Å². The van der Waals surface area contributed by atoms with Gasteiger partial charge in [-0.1, -0.05) is 30.3 Å². The van der Waals surface area contributed by atoms with E-state index in [-0.39, 0.29) is 18.4 Å². The standard InChI is InChI=1S/C16H24N4O3/c1-19(13-14-5-3-2-4-6-14)16(22)17-8-7-15(21)20-10-12-23-11-9-18-20/h2-6,18H,7-13H2,1H3,(H,17,22). The zero-order chi connectivity index (χ0) is 16.5. The van der Waals surface area contributed by atoms with E-state index in [1.165, 1.54) is 0 Å². The maximum Gasteiger partial charge on any atom is 0.317 e. The van der Waals surface area contributed by atoms with Gasteiger partial charge in [0.1, 0.15) is 0 Å². The Balaban J connectivity index is 1.68. The number of carbonyl (C=O) groups is 2. The first-order valence-electron chi connectivity index (χ1n) is 7.81. The second kappa shape index (κ2) is 9.12. The number of amides is 3. The van der Waals surface area contributed by atoms with Gasteiger partial charge in [-0.25, -0.2) is 10.2 Å². The van der Waals surface area contributed by atoms with Crippen LogP contribution < -0.4 is 10.7 Å². The van der Waals surface area contributed by atoms with E-state index in [0.29, 0.717) is 39.4 Å². The molecule has 2 rings (SSSR count). The molecule has 1 saturated heterocycles. The van der Waals surface area contributed by atoms with Crippen molar-refractivity contribution < 1.29 is 14.3 Å². The molecule has 7 nitrogen and oxygen atoms in total. The minimum absolute atomic E-state index is 0.0403. The van der Waals surface area contributed by atoms with Crippen LogP contribution in [0.3, 0.4) is 0 Å². The van der Waals surface area contributed by atoms with Gasteiger partial charge in [-0.2, -0.15) is 0 Å². The van der Waals surface area contributed by atoms with Crippen LogP contribution in [-0.4, -0.2) is 61.7 Å². The molecule has 1 fully saturated rings. The van der Waals surface area contributed by atoms with Crippen molar-refractivity contribution in [3.63, 3.8) is 0 Å². The second-order valence-electron chi connectivity index (χ2n) is 5.39. The molecule has 23 heavy (non-hydrogen) atoms. The predicted molar refractivity (Wildman–Crippen MR) is 86.5 cm³/mol. The van der Waals surface area contributed by atoms with Crippen molar-refractivity contribution in [1.82, 2.24) is 20.7 Å². The number of carbonyl (C=O) groups excluding carboxylic acids is 2. The SMILES string of the molecule is CN(Cc1ccccc1)C(=O)NCCC(=O)N1CCOCCN1. The molecule has 0 aliphatic carbocycles. The summed E-state index contributed by atoms with van der Waals surface area (Å²) in [6.45, 7) is 3.13. The Morgan fingerprint density at radius 2 is 2.09 bits per heavy atom. The summed E-state index contributed by atoms with van der Waals surface area (Å²) >= 11 is 0. The molecule has 0 unspecified atom stereocenters. The zero-order valence-electron chi connectivity index (χ0n) is 13.5. The number of benzene rings is 1. The zero-order valence-corrected chi connectivity index (χ0v) is 13.5. The number of nitrogens with zero attached hydrogens (tertiary/aromatic N) is 2. The van der Waals surface area contributed by atoms with Crippen molar-refractivity contribution in [1.29, 1.82) is 0 Å². The van der Waals surface area contributed by atoms with E-state index in [2.05, 4.69) is 10.7 Å². The highest BCUT2D eigenvalue weighted by Gasteiger charge is 2.16. The largest absolute Gasteiger partial charge is 0.378 e. The van der Waals surface area contributed by atoms with E-state index >= 15 is 0 Å². The lowest BCUT2D eigenvalue weighted by Crippen LogP contribution is -2.45. The van der Waals surface area contributed by atoms with Crippen molar-refractivity contribution in [2.75, 3.05) is 39.9 Å². The molecule has 0 bridgehead atoms. The van der Waals surface area contributed by atoms with E-state index in [1.54, 1.807) is 17.0 Å². The summed E-state index contributed by atoms with van der Waals surface area (Å²) in [7, 11) is 1.73.